The van der Waals surface area contributed by atoms with Crippen molar-refractivity contribution in [3.8, 4) is 0 Å². The number of hydrogen-bond donors (Lipinski definition) is 1. The largest absolute Gasteiger partial charge is 0.377 e. The molecule has 25 heavy (non-hydrogen) atoms. The van der Waals surface area contributed by atoms with Crippen molar-refractivity contribution in [2.45, 2.75) is 94.9 Å². The average Bonchev–Trinajstić information content (AvgIpc) is 3.33. The Labute approximate surface area is 149 Å². The number of imide groups is 1. The van der Waals surface area contributed by atoms with Crippen molar-refractivity contribution in [3.05, 3.63) is 0 Å². The Morgan fingerprint density at radius 2 is 1.64 bits per heavy atom. The van der Waals surface area contributed by atoms with Gasteiger partial charge in [0.05, 0.1) is 6.10 Å². The van der Waals surface area contributed by atoms with E-state index < -0.39 is 0 Å². The molecule has 2 saturated heterocycles. The Balaban J connectivity index is 1.20. The molecule has 1 N–H and O–H groups in total. The molecule has 1 spiro atoms. The van der Waals surface area contributed by atoms with Crippen LogP contribution >= 0.6 is 0 Å². The molecule has 2 amide bonds. The zero-order chi connectivity index (χ0) is 17.0. The maximum absolute atomic E-state index is 12.0. The van der Waals surface area contributed by atoms with Gasteiger partial charge in [-0.2, -0.15) is 0 Å². The van der Waals surface area contributed by atoms with E-state index in [0.29, 0.717) is 36.4 Å². The van der Waals surface area contributed by atoms with E-state index in [1.807, 2.05) is 0 Å². The average molecular weight is 346 g/mol. The second kappa shape index (κ2) is 6.05. The molecule has 0 unspecified atom stereocenters. The summed E-state index contributed by atoms with van der Waals surface area (Å²) >= 11 is 0. The highest BCUT2D eigenvalue weighted by molar-refractivity contribution is 6.02. The van der Waals surface area contributed by atoms with Gasteiger partial charge in [-0.15, -0.1) is 0 Å². The first-order valence-electron chi connectivity index (χ1n) is 10.4. The fraction of sp³-hybridized carbons (Fsp3) is 0.900. The van der Waals surface area contributed by atoms with E-state index in [4.69, 9.17) is 4.74 Å². The third-order valence-electron chi connectivity index (χ3n) is 7.85. The highest BCUT2D eigenvalue weighted by Gasteiger charge is 2.64. The summed E-state index contributed by atoms with van der Waals surface area (Å²) < 4.78 is 6.10. The summed E-state index contributed by atoms with van der Waals surface area (Å²) in [4.78, 5) is 25.5. The van der Waals surface area contributed by atoms with Crippen LogP contribution in [-0.4, -0.2) is 47.6 Å². The second-order valence-corrected chi connectivity index (χ2v) is 8.99. The number of nitrogens with one attached hydrogen (secondary N) is 1. The maximum atomic E-state index is 12.0. The lowest BCUT2D eigenvalue weighted by Gasteiger charge is -2.58. The lowest BCUT2D eigenvalue weighted by molar-refractivity contribution is -0.143. The molecule has 5 heteroatoms. The van der Waals surface area contributed by atoms with Crippen LogP contribution in [-0.2, 0) is 14.3 Å². The van der Waals surface area contributed by atoms with Crippen molar-refractivity contribution in [2.75, 3.05) is 6.61 Å². The van der Waals surface area contributed by atoms with Crippen LogP contribution in [0, 0.1) is 11.3 Å². The van der Waals surface area contributed by atoms with E-state index in [-0.39, 0.29) is 17.9 Å². The van der Waals surface area contributed by atoms with Crippen LogP contribution in [0.25, 0.3) is 0 Å². The van der Waals surface area contributed by atoms with Crippen molar-refractivity contribution >= 4 is 11.8 Å². The molecule has 5 aliphatic rings. The maximum Gasteiger partial charge on any atom is 0.229 e. The van der Waals surface area contributed by atoms with Gasteiger partial charge in [0.15, 0.2) is 0 Å². The van der Waals surface area contributed by atoms with Crippen molar-refractivity contribution in [1.29, 1.82) is 0 Å². The molecule has 0 bridgehead atoms. The van der Waals surface area contributed by atoms with Crippen LogP contribution in [0.5, 0.6) is 0 Å². The number of rotatable bonds is 3. The van der Waals surface area contributed by atoms with Crippen LogP contribution < -0.4 is 5.32 Å². The predicted molar refractivity (Wildman–Crippen MR) is 92.8 cm³/mol. The molecule has 3 aliphatic carbocycles. The minimum atomic E-state index is 0.0521. The van der Waals surface area contributed by atoms with Crippen molar-refractivity contribution in [3.63, 3.8) is 0 Å². The lowest BCUT2D eigenvalue weighted by atomic mass is 9.54. The predicted octanol–water partition coefficient (Wildman–Crippen LogP) is 2.38. The second-order valence-electron chi connectivity index (χ2n) is 8.99. The Kier molecular flexibility index (Phi) is 3.93. The number of nitrogens with zero attached hydrogens (tertiary/aromatic N) is 1. The summed E-state index contributed by atoms with van der Waals surface area (Å²) in [5.41, 5.74) is 0.416. The Bertz CT molecular complexity index is 547. The zero-order valence-corrected chi connectivity index (χ0v) is 15.0. The molecule has 0 aromatic carbocycles. The van der Waals surface area contributed by atoms with Crippen molar-refractivity contribution < 1.29 is 14.3 Å². The molecule has 5 nitrogen and oxygen atoms in total. The van der Waals surface area contributed by atoms with E-state index in [2.05, 4.69) is 5.32 Å². The van der Waals surface area contributed by atoms with Gasteiger partial charge in [-0.25, -0.2) is 0 Å². The number of likely N-dealkylation sites (tertiary alicyclic amines) is 1. The molecule has 3 atom stereocenters. The van der Waals surface area contributed by atoms with E-state index in [0.717, 1.165) is 38.2 Å². The van der Waals surface area contributed by atoms with Crippen molar-refractivity contribution in [2.24, 2.45) is 11.3 Å². The van der Waals surface area contributed by atoms with Crippen LogP contribution in [0.4, 0.5) is 0 Å². The van der Waals surface area contributed by atoms with Crippen LogP contribution in [0.2, 0.25) is 0 Å². The third-order valence-corrected chi connectivity index (χ3v) is 7.85. The quantitative estimate of drug-likeness (QED) is 0.797. The SMILES string of the molecule is O=C1CCC(=O)N1C1CCC(N[C@@H]2[C@@H]3CCO[C@H]3C23CCCC3)CC1. The van der Waals surface area contributed by atoms with Gasteiger partial charge >= 0.3 is 0 Å². The molecule has 2 heterocycles. The van der Waals surface area contributed by atoms with E-state index in [1.54, 1.807) is 4.90 Å². The minimum absolute atomic E-state index is 0.0521. The number of ether oxygens (including phenoxy) is 1. The van der Waals surface area contributed by atoms with Gasteiger partial charge < -0.3 is 10.1 Å². The number of fused-ring (bicyclic) bond motifs is 2. The standard InChI is InChI=1S/C20H30N2O3/c23-16-7-8-17(24)22(16)14-5-3-13(4-6-14)21-18-15-9-12-25-19(15)20(18)10-1-2-11-20/h13-15,18-19,21H,1-12H2/t13?,14?,15-,18+,19+/m0/s1. The summed E-state index contributed by atoms with van der Waals surface area (Å²) in [6, 6.07) is 1.34. The summed E-state index contributed by atoms with van der Waals surface area (Å²) in [6.45, 7) is 0.946. The molecular weight excluding hydrogens is 316 g/mol. The van der Waals surface area contributed by atoms with Crippen molar-refractivity contribution in [1.82, 2.24) is 10.2 Å². The zero-order valence-electron chi connectivity index (χ0n) is 15.0. The lowest BCUT2D eigenvalue weighted by Crippen LogP contribution is -2.69. The van der Waals surface area contributed by atoms with Gasteiger partial charge in [0, 0.05) is 48.9 Å². The summed E-state index contributed by atoms with van der Waals surface area (Å²) in [7, 11) is 0. The van der Waals surface area contributed by atoms with E-state index >= 15 is 0 Å². The summed E-state index contributed by atoms with van der Waals surface area (Å²) in [5.74, 6) is 0.824. The number of carbonyl (C=O) groups excluding carboxylic acids is 2. The molecule has 3 saturated carbocycles. The van der Waals surface area contributed by atoms with E-state index in [1.165, 1.54) is 32.1 Å². The van der Waals surface area contributed by atoms with Gasteiger partial charge in [0.25, 0.3) is 0 Å². The number of hydrogen-bond acceptors (Lipinski definition) is 4. The van der Waals surface area contributed by atoms with Gasteiger partial charge in [-0.1, -0.05) is 12.8 Å². The van der Waals surface area contributed by atoms with E-state index in [9.17, 15) is 9.59 Å². The molecule has 138 valence electrons. The summed E-state index contributed by atoms with van der Waals surface area (Å²) in [5, 5.41) is 4.02. The Morgan fingerprint density at radius 1 is 0.960 bits per heavy atom. The molecule has 0 aromatic rings. The number of carbonyl (C=O) groups is 2. The van der Waals surface area contributed by atoms with Gasteiger partial charge in [-0.05, 0) is 44.9 Å². The third kappa shape index (κ3) is 2.42. The molecule has 0 aromatic heterocycles. The minimum Gasteiger partial charge on any atom is -0.377 e. The fourth-order valence-electron chi connectivity index (χ4n) is 6.70. The first-order chi connectivity index (χ1) is 12.2. The highest BCUT2D eigenvalue weighted by atomic mass is 16.5. The first-order valence-corrected chi connectivity index (χ1v) is 10.4. The number of amides is 2. The first kappa shape index (κ1) is 16.2. The van der Waals surface area contributed by atoms with Crippen LogP contribution in [0.15, 0.2) is 0 Å². The molecule has 5 fully saturated rings. The summed E-state index contributed by atoms with van der Waals surface area (Å²) in [6.07, 6.45) is 12.1. The van der Waals surface area contributed by atoms with Gasteiger partial charge in [0.1, 0.15) is 0 Å². The monoisotopic (exact) mass is 346 g/mol. The normalized spacial score (nSPS) is 42.9. The molecule has 5 rings (SSSR count). The molecule has 2 aliphatic heterocycles. The molecular formula is C20H30N2O3. The molecule has 0 radical (unpaired) electrons. The Hall–Kier alpha value is -0.940. The fourth-order valence-corrected chi connectivity index (χ4v) is 6.70. The Morgan fingerprint density at radius 3 is 2.32 bits per heavy atom. The highest BCUT2D eigenvalue weighted by Crippen LogP contribution is 2.60. The smallest absolute Gasteiger partial charge is 0.229 e. The van der Waals surface area contributed by atoms with Crippen LogP contribution in [0.3, 0.4) is 0 Å². The topological polar surface area (TPSA) is 58.6 Å². The van der Waals surface area contributed by atoms with Gasteiger partial charge in [-0.3, -0.25) is 14.5 Å². The van der Waals surface area contributed by atoms with Gasteiger partial charge in [0.2, 0.25) is 11.8 Å². The van der Waals surface area contributed by atoms with Crippen LogP contribution in [0.1, 0.15) is 70.6 Å².